The van der Waals surface area contributed by atoms with Crippen molar-refractivity contribution in [3.05, 3.63) is 29.3 Å². The van der Waals surface area contributed by atoms with Gasteiger partial charge in [0.25, 0.3) is 0 Å². The molecule has 0 radical (unpaired) electrons. The monoisotopic (exact) mass is 324 g/mol. The molecule has 0 aromatic heterocycles. The topological polar surface area (TPSA) is 50.4 Å². The normalized spacial score (nSPS) is 18.8. The van der Waals surface area contributed by atoms with Gasteiger partial charge in [-0.25, -0.2) is 0 Å². The Balaban J connectivity index is 0.00000220. The lowest BCUT2D eigenvalue weighted by Crippen LogP contribution is -2.48. The quantitative estimate of drug-likeness (QED) is 0.878. The minimum Gasteiger partial charge on any atom is -0.378 e. The first-order valence-electron chi connectivity index (χ1n) is 6.18. The van der Waals surface area contributed by atoms with Gasteiger partial charge in [0.1, 0.15) is 6.04 Å². The zero-order valence-corrected chi connectivity index (χ0v) is 12.1. The van der Waals surface area contributed by atoms with E-state index in [4.69, 9.17) is 4.74 Å². The Kier molecular flexibility index (Phi) is 6.00. The predicted octanol–water partition coefficient (Wildman–Crippen LogP) is 2.36. The number of anilines is 1. The highest BCUT2D eigenvalue weighted by atomic mass is 35.5. The van der Waals surface area contributed by atoms with E-state index >= 15 is 0 Å². The molecule has 1 atom stereocenters. The Morgan fingerprint density at radius 1 is 1.43 bits per heavy atom. The van der Waals surface area contributed by atoms with Gasteiger partial charge in [-0.3, -0.25) is 4.79 Å². The van der Waals surface area contributed by atoms with Crippen LogP contribution in [0.15, 0.2) is 18.2 Å². The molecule has 1 unspecified atom stereocenters. The molecule has 1 aromatic carbocycles. The molecule has 2 N–H and O–H groups in total. The number of nitrogens with one attached hydrogen (secondary N) is 2. The Morgan fingerprint density at radius 3 is 2.71 bits per heavy atom. The summed E-state index contributed by atoms with van der Waals surface area (Å²) in [4.78, 5) is 11.9. The van der Waals surface area contributed by atoms with Crippen LogP contribution in [0.1, 0.15) is 11.1 Å². The number of amides is 1. The highest BCUT2D eigenvalue weighted by Gasteiger charge is 2.32. The van der Waals surface area contributed by atoms with E-state index in [2.05, 4.69) is 10.6 Å². The lowest BCUT2D eigenvalue weighted by atomic mass is 10.1. The maximum atomic E-state index is 12.8. The maximum Gasteiger partial charge on any atom is 0.416 e. The molecule has 1 aromatic rings. The van der Waals surface area contributed by atoms with Crippen LogP contribution in [0.2, 0.25) is 0 Å². The number of hydrogen-bond donors (Lipinski definition) is 2. The van der Waals surface area contributed by atoms with Crippen molar-refractivity contribution in [1.29, 1.82) is 0 Å². The van der Waals surface area contributed by atoms with Crippen LogP contribution in [0.3, 0.4) is 0 Å². The van der Waals surface area contributed by atoms with E-state index in [0.29, 0.717) is 13.2 Å². The molecule has 118 valence electrons. The summed E-state index contributed by atoms with van der Waals surface area (Å²) in [6, 6.07) is 3.19. The molecule has 0 saturated carbocycles. The number of rotatable bonds is 2. The summed E-state index contributed by atoms with van der Waals surface area (Å²) in [5, 5.41) is 5.41. The van der Waals surface area contributed by atoms with Crippen LogP contribution in [0.25, 0.3) is 0 Å². The van der Waals surface area contributed by atoms with E-state index < -0.39 is 23.7 Å². The van der Waals surface area contributed by atoms with E-state index in [-0.39, 0.29) is 30.3 Å². The Hall–Kier alpha value is -1.31. The molecule has 1 heterocycles. The van der Waals surface area contributed by atoms with Gasteiger partial charge in [-0.2, -0.15) is 13.2 Å². The van der Waals surface area contributed by atoms with Gasteiger partial charge in [0.05, 0.1) is 18.8 Å². The van der Waals surface area contributed by atoms with Crippen molar-refractivity contribution in [3.63, 3.8) is 0 Å². The number of halogens is 4. The molecule has 0 aliphatic carbocycles. The van der Waals surface area contributed by atoms with E-state index in [0.717, 1.165) is 6.07 Å². The molecule has 21 heavy (non-hydrogen) atoms. The average Bonchev–Trinajstić information content (AvgIpc) is 2.40. The van der Waals surface area contributed by atoms with Crippen molar-refractivity contribution in [1.82, 2.24) is 5.32 Å². The van der Waals surface area contributed by atoms with E-state index in [1.165, 1.54) is 19.1 Å². The van der Waals surface area contributed by atoms with Crippen molar-refractivity contribution in [2.45, 2.75) is 19.1 Å². The minimum absolute atomic E-state index is 0. The van der Waals surface area contributed by atoms with Crippen LogP contribution < -0.4 is 10.6 Å². The molecule has 1 amide bonds. The number of alkyl halides is 3. The smallest absolute Gasteiger partial charge is 0.378 e. The fourth-order valence-electron chi connectivity index (χ4n) is 1.97. The Bertz CT molecular complexity index is 503. The van der Waals surface area contributed by atoms with Gasteiger partial charge >= 0.3 is 6.18 Å². The molecule has 4 nitrogen and oxygen atoms in total. The lowest BCUT2D eigenvalue weighted by molar-refractivity contribution is -0.138. The molecule has 1 saturated heterocycles. The number of hydrogen-bond acceptors (Lipinski definition) is 3. The van der Waals surface area contributed by atoms with E-state index in [1.807, 2.05) is 0 Å². The van der Waals surface area contributed by atoms with Gasteiger partial charge in [-0.1, -0.05) is 6.07 Å². The Labute approximate surface area is 126 Å². The van der Waals surface area contributed by atoms with Gasteiger partial charge < -0.3 is 15.4 Å². The zero-order valence-electron chi connectivity index (χ0n) is 11.3. The zero-order chi connectivity index (χ0) is 14.8. The number of aryl methyl sites for hydroxylation is 1. The maximum absolute atomic E-state index is 12.8. The minimum atomic E-state index is -4.43. The first-order valence-corrected chi connectivity index (χ1v) is 6.18. The second-order valence-electron chi connectivity index (χ2n) is 4.60. The van der Waals surface area contributed by atoms with Crippen LogP contribution in [-0.4, -0.2) is 31.7 Å². The van der Waals surface area contributed by atoms with Gasteiger partial charge in [0, 0.05) is 12.2 Å². The number of benzene rings is 1. The largest absolute Gasteiger partial charge is 0.416 e. The average molecular weight is 325 g/mol. The summed E-state index contributed by atoms with van der Waals surface area (Å²) in [6.07, 6.45) is -4.43. The Morgan fingerprint density at radius 2 is 2.14 bits per heavy atom. The van der Waals surface area contributed by atoms with Gasteiger partial charge in [-0.15, -0.1) is 12.4 Å². The standard InChI is InChI=1S/C13H15F3N2O2.ClH/c1-8-2-3-9(6-10(8)13(14,15)16)18-12(19)11-7-20-5-4-17-11;/h2-3,6,11,17H,4-5,7H2,1H3,(H,18,19);1H. The van der Waals surface area contributed by atoms with Crippen molar-refractivity contribution in [2.24, 2.45) is 0 Å². The second-order valence-corrected chi connectivity index (χ2v) is 4.60. The summed E-state index contributed by atoms with van der Waals surface area (Å²) in [7, 11) is 0. The summed E-state index contributed by atoms with van der Waals surface area (Å²) in [6.45, 7) is 2.65. The molecule has 1 fully saturated rings. The summed E-state index contributed by atoms with van der Waals surface area (Å²) < 4.78 is 43.5. The molecule has 1 aliphatic rings. The number of ether oxygens (including phenoxy) is 1. The molecular weight excluding hydrogens is 309 g/mol. The predicted molar refractivity (Wildman–Crippen MR) is 74.7 cm³/mol. The second kappa shape index (κ2) is 7.11. The third kappa shape index (κ3) is 4.59. The molecule has 0 spiro atoms. The fourth-order valence-corrected chi connectivity index (χ4v) is 1.97. The number of carbonyl (C=O) groups is 1. The van der Waals surface area contributed by atoms with Gasteiger partial charge in [-0.05, 0) is 24.6 Å². The lowest BCUT2D eigenvalue weighted by Gasteiger charge is -2.23. The first-order chi connectivity index (χ1) is 9.38. The van der Waals surface area contributed by atoms with Crippen LogP contribution in [0.4, 0.5) is 18.9 Å². The van der Waals surface area contributed by atoms with E-state index in [1.54, 1.807) is 0 Å². The molecule has 2 rings (SSSR count). The van der Waals surface area contributed by atoms with Gasteiger partial charge in [0.2, 0.25) is 5.91 Å². The molecule has 1 aliphatic heterocycles. The highest BCUT2D eigenvalue weighted by Crippen LogP contribution is 2.33. The summed E-state index contributed by atoms with van der Waals surface area (Å²) in [5.41, 5.74) is -0.502. The molecular formula is C13H16ClF3N2O2. The van der Waals surface area contributed by atoms with Crippen LogP contribution in [0, 0.1) is 6.92 Å². The third-order valence-electron chi connectivity index (χ3n) is 3.05. The number of morpholine rings is 1. The van der Waals surface area contributed by atoms with Crippen molar-refractivity contribution >= 4 is 24.0 Å². The van der Waals surface area contributed by atoms with Crippen molar-refractivity contribution in [2.75, 3.05) is 25.1 Å². The SMILES string of the molecule is Cc1ccc(NC(=O)C2COCCN2)cc1C(F)(F)F.Cl. The third-order valence-corrected chi connectivity index (χ3v) is 3.05. The summed E-state index contributed by atoms with van der Waals surface area (Å²) in [5.74, 6) is -0.401. The fraction of sp³-hybridized carbons (Fsp3) is 0.462. The van der Waals surface area contributed by atoms with Crippen molar-refractivity contribution < 1.29 is 22.7 Å². The molecule has 8 heteroatoms. The highest BCUT2D eigenvalue weighted by molar-refractivity contribution is 5.95. The van der Waals surface area contributed by atoms with Crippen molar-refractivity contribution in [3.8, 4) is 0 Å². The van der Waals surface area contributed by atoms with E-state index in [9.17, 15) is 18.0 Å². The number of carbonyl (C=O) groups excluding carboxylic acids is 1. The van der Waals surface area contributed by atoms with Crippen LogP contribution in [-0.2, 0) is 15.7 Å². The van der Waals surface area contributed by atoms with Gasteiger partial charge in [0.15, 0.2) is 0 Å². The van der Waals surface area contributed by atoms with Crippen LogP contribution >= 0.6 is 12.4 Å². The molecule has 0 bridgehead atoms. The van der Waals surface area contributed by atoms with Crippen LogP contribution in [0.5, 0.6) is 0 Å². The first kappa shape index (κ1) is 17.7. The summed E-state index contributed by atoms with van der Waals surface area (Å²) >= 11 is 0.